The zero-order chi connectivity index (χ0) is 17.1. The summed E-state index contributed by atoms with van der Waals surface area (Å²) in [7, 11) is 0. The Morgan fingerprint density at radius 2 is 1.74 bits per heavy atom. The van der Waals surface area contributed by atoms with E-state index in [9.17, 15) is 18.4 Å². The van der Waals surface area contributed by atoms with Crippen molar-refractivity contribution in [1.29, 1.82) is 0 Å². The van der Waals surface area contributed by atoms with Gasteiger partial charge in [0, 0.05) is 10.2 Å². The van der Waals surface area contributed by atoms with Crippen LogP contribution >= 0.6 is 27.5 Å². The van der Waals surface area contributed by atoms with E-state index < -0.39 is 29.1 Å². The monoisotopic (exact) mass is 402 g/mol. The minimum atomic E-state index is -1.18. The fourth-order valence-corrected chi connectivity index (χ4v) is 2.42. The maximum atomic E-state index is 13.5. The number of urea groups is 1. The average molecular weight is 404 g/mol. The van der Waals surface area contributed by atoms with Gasteiger partial charge < -0.3 is 5.32 Å². The first-order valence-electron chi connectivity index (χ1n) is 6.32. The van der Waals surface area contributed by atoms with Gasteiger partial charge in [-0.15, -0.1) is 0 Å². The number of halogens is 4. The molecule has 0 aliphatic heterocycles. The Hall–Kier alpha value is -1.99. The largest absolute Gasteiger partial charge is 0.326 e. The van der Waals surface area contributed by atoms with Gasteiger partial charge in [0.1, 0.15) is 17.2 Å². The standard InChI is InChI=1S/C15H10BrClF2N2O2/c1-7-11(6-5-8(16)13(7)17)20-15(23)21-14(22)12-9(18)3-2-4-10(12)19/h2-6H,1H3,(H2,20,21,22,23). The Bertz CT molecular complexity index is 779. The summed E-state index contributed by atoms with van der Waals surface area (Å²) in [6.45, 7) is 1.67. The molecule has 0 atom stereocenters. The quantitative estimate of drug-likeness (QED) is 0.767. The molecule has 3 amide bonds. The molecule has 0 spiro atoms. The van der Waals surface area contributed by atoms with Gasteiger partial charge in [-0.25, -0.2) is 13.6 Å². The topological polar surface area (TPSA) is 58.2 Å². The third-order valence-corrected chi connectivity index (χ3v) is 4.38. The molecule has 0 saturated heterocycles. The van der Waals surface area contributed by atoms with Crippen LogP contribution in [0.2, 0.25) is 5.02 Å². The van der Waals surface area contributed by atoms with E-state index in [4.69, 9.17) is 11.6 Å². The van der Waals surface area contributed by atoms with Crippen molar-refractivity contribution in [2.75, 3.05) is 5.32 Å². The van der Waals surface area contributed by atoms with Gasteiger partial charge in [0.25, 0.3) is 5.91 Å². The summed E-state index contributed by atoms with van der Waals surface area (Å²) in [4.78, 5) is 23.6. The molecule has 0 radical (unpaired) electrons. The molecule has 0 saturated carbocycles. The fraction of sp³-hybridized carbons (Fsp3) is 0.0667. The van der Waals surface area contributed by atoms with Crippen LogP contribution in [0.1, 0.15) is 15.9 Å². The van der Waals surface area contributed by atoms with Gasteiger partial charge in [-0.05, 0) is 52.7 Å². The molecule has 0 aliphatic rings. The highest BCUT2D eigenvalue weighted by Crippen LogP contribution is 2.30. The van der Waals surface area contributed by atoms with Gasteiger partial charge in [-0.1, -0.05) is 17.7 Å². The molecule has 0 aromatic heterocycles. The van der Waals surface area contributed by atoms with Crippen molar-refractivity contribution < 1.29 is 18.4 Å². The molecule has 8 heteroatoms. The molecule has 0 aliphatic carbocycles. The van der Waals surface area contributed by atoms with E-state index in [2.05, 4.69) is 21.2 Å². The van der Waals surface area contributed by atoms with E-state index in [1.165, 1.54) is 0 Å². The van der Waals surface area contributed by atoms with Crippen LogP contribution in [-0.2, 0) is 0 Å². The number of amides is 3. The minimum Gasteiger partial charge on any atom is -0.307 e. The van der Waals surface area contributed by atoms with Crippen molar-refractivity contribution in [1.82, 2.24) is 5.32 Å². The first-order chi connectivity index (χ1) is 10.8. The van der Waals surface area contributed by atoms with Gasteiger partial charge >= 0.3 is 6.03 Å². The summed E-state index contributed by atoms with van der Waals surface area (Å²) in [5.41, 5.74) is 0.103. The number of hydrogen-bond acceptors (Lipinski definition) is 2. The molecular formula is C15H10BrClF2N2O2. The second kappa shape index (κ2) is 7.06. The van der Waals surface area contributed by atoms with Crippen LogP contribution in [-0.4, -0.2) is 11.9 Å². The van der Waals surface area contributed by atoms with Crippen LogP contribution in [0.5, 0.6) is 0 Å². The lowest BCUT2D eigenvalue weighted by atomic mass is 10.2. The molecule has 2 rings (SSSR count). The smallest absolute Gasteiger partial charge is 0.307 e. The molecule has 2 aromatic carbocycles. The molecule has 0 fully saturated rings. The highest BCUT2D eigenvalue weighted by Gasteiger charge is 2.19. The number of anilines is 1. The Balaban J connectivity index is 2.14. The molecule has 0 heterocycles. The van der Waals surface area contributed by atoms with E-state index in [1.54, 1.807) is 19.1 Å². The Morgan fingerprint density at radius 1 is 1.13 bits per heavy atom. The number of nitrogens with one attached hydrogen (secondary N) is 2. The highest BCUT2D eigenvalue weighted by atomic mass is 79.9. The lowest BCUT2D eigenvalue weighted by Crippen LogP contribution is -2.35. The number of hydrogen-bond donors (Lipinski definition) is 2. The van der Waals surface area contributed by atoms with Gasteiger partial charge in [0.15, 0.2) is 0 Å². The van der Waals surface area contributed by atoms with Crippen LogP contribution in [0, 0.1) is 18.6 Å². The van der Waals surface area contributed by atoms with E-state index in [0.29, 0.717) is 20.7 Å². The summed E-state index contributed by atoms with van der Waals surface area (Å²) in [6, 6.07) is 5.22. The fourth-order valence-electron chi connectivity index (χ4n) is 1.82. The van der Waals surface area contributed by atoms with E-state index in [1.807, 2.05) is 5.32 Å². The van der Waals surface area contributed by atoms with Crippen LogP contribution in [0.3, 0.4) is 0 Å². The second-order valence-corrected chi connectivity index (χ2v) is 5.77. The molecule has 4 nitrogen and oxygen atoms in total. The number of imide groups is 1. The van der Waals surface area contributed by atoms with E-state index >= 15 is 0 Å². The van der Waals surface area contributed by atoms with Crippen molar-refractivity contribution in [2.45, 2.75) is 6.92 Å². The summed E-state index contributed by atoms with van der Waals surface area (Å²) in [5, 5.41) is 4.66. The molecule has 0 unspecified atom stereocenters. The predicted octanol–water partition coefficient (Wildman–Crippen LogP) is 4.65. The van der Waals surface area contributed by atoms with Crippen LogP contribution < -0.4 is 10.6 Å². The second-order valence-electron chi connectivity index (χ2n) is 4.54. The summed E-state index contributed by atoms with van der Waals surface area (Å²) in [6.07, 6.45) is 0. The Morgan fingerprint density at radius 3 is 2.35 bits per heavy atom. The summed E-state index contributed by atoms with van der Waals surface area (Å²) < 4.78 is 27.6. The van der Waals surface area contributed by atoms with Crippen LogP contribution in [0.15, 0.2) is 34.8 Å². The molecule has 0 bridgehead atoms. The number of rotatable bonds is 2. The molecule has 120 valence electrons. The maximum Gasteiger partial charge on any atom is 0.326 e. The SMILES string of the molecule is Cc1c(NC(=O)NC(=O)c2c(F)cccc2F)ccc(Br)c1Cl. The summed E-state index contributed by atoms with van der Waals surface area (Å²) in [5.74, 6) is -3.30. The molecule has 2 N–H and O–H groups in total. The Kier molecular flexibility index (Phi) is 5.33. The first-order valence-corrected chi connectivity index (χ1v) is 7.49. The number of carbonyl (C=O) groups is 2. The third-order valence-electron chi connectivity index (χ3n) is 3.00. The number of carbonyl (C=O) groups excluding carboxylic acids is 2. The van der Waals surface area contributed by atoms with Gasteiger partial charge in [0.05, 0.1) is 5.02 Å². The van der Waals surface area contributed by atoms with Crippen molar-refractivity contribution in [2.24, 2.45) is 0 Å². The lowest BCUT2D eigenvalue weighted by molar-refractivity contribution is 0.0959. The van der Waals surface area contributed by atoms with E-state index in [-0.39, 0.29) is 0 Å². The van der Waals surface area contributed by atoms with E-state index in [0.717, 1.165) is 18.2 Å². The van der Waals surface area contributed by atoms with Crippen LogP contribution in [0.25, 0.3) is 0 Å². The average Bonchev–Trinajstić information content (AvgIpc) is 2.47. The number of benzene rings is 2. The zero-order valence-corrected chi connectivity index (χ0v) is 14.1. The normalized spacial score (nSPS) is 10.3. The highest BCUT2D eigenvalue weighted by molar-refractivity contribution is 9.10. The van der Waals surface area contributed by atoms with Gasteiger partial charge in [0.2, 0.25) is 0 Å². The Labute approximate surface area is 144 Å². The first kappa shape index (κ1) is 17.4. The predicted molar refractivity (Wildman–Crippen MR) is 86.7 cm³/mol. The van der Waals surface area contributed by atoms with Crippen molar-refractivity contribution in [3.63, 3.8) is 0 Å². The lowest BCUT2D eigenvalue weighted by Gasteiger charge is -2.11. The molecular weight excluding hydrogens is 394 g/mol. The molecule has 23 heavy (non-hydrogen) atoms. The van der Waals surface area contributed by atoms with Crippen molar-refractivity contribution in [3.8, 4) is 0 Å². The van der Waals surface area contributed by atoms with Crippen molar-refractivity contribution in [3.05, 3.63) is 62.6 Å². The van der Waals surface area contributed by atoms with Crippen molar-refractivity contribution >= 4 is 45.2 Å². The minimum absolute atomic E-state index is 0.359. The van der Waals surface area contributed by atoms with Crippen LogP contribution in [0.4, 0.5) is 19.3 Å². The summed E-state index contributed by atoms with van der Waals surface area (Å²) >= 11 is 9.26. The van der Waals surface area contributed by atoms with Gasteiger partial charge in [-0.3, -0.25) is 10.1 Å². The van der Waals surface area contributed by atoms with Gasteiger partial charge in [-0.2, -0.15) is 0 Å². The maximum absolute atomic E-state index is 13.5. The molecule has 2 aromatic rings. The zero-order valence-electron chi connectivity index (χ0n) is 11.7. The third kappa shape index (κ3) is 3.86.